The SMILES string of the molecule is O=C1/C(=C/c2cccs2)Cc2ccccc21. The van der Waals surface area contributed by atoms with Crippen molar-refractivity contribution in [3.05, 3.63) is 63.4 Å². The molecule has 3 rings (SSSR count). The fraction of sp³-hybridized carbons (Fsp3) is 0.0714. The molecule has 1 aromatic heterocycles. The van der Waals surface area contributed by atoms with Gasteiger partial charge in [0.2, 0.25) is 0 Å². The van der Waals surface area contributed by atoms with E-state index in [2.05, 4.69) is 0 Å². The summed E-state index contributed by atoms with van der Waals surface area (Å²) in [4.78, 5) is 13.2. The Morgan fingerprint density at radius 2 is 2.00 bits per heavy atom. The summed E-state index contributed by atoms with van der Waals surface area (Å²) in [6.45, 7) is 0. The van der Waals surface area contributed by atoms with Gasteiger partial charge in [-0.2, -0.15) is 0 Å². The summed E-state index contributed by atoms with van der Waals surface area (Å²) < 4.78 is 0. The fourth-order valence-corrected chi connectivity index (χ4v) is 2.70. The highest BCUT2D eigenvalue weighted by molar-refractivity contribution is 7.10. The molecule has 1 nitrogen and oxygen atoms in total. The smallest absolute Gasteiger partial charge is 0.189 e. The minimum atomic E-state index is 0.184. The summed E-state index contributed by atoms with van der Waals surface area (Å²) in [6, 6.07) is 11.9. The normalized spacial score (nSPS) is 16.8. The number of Topliss-reactive ketones (excluding diaryl/α,β-unsaturated/α-hetero) is 1. The van der Waals surface area contributed by atoms with Crippen LogP contribution in [0.15, 0.2) is 47.4 Å². The molecular formula is C14H10OS. The van der Waals surface area contributed by atoms with Gasteiger partial charge < -0.3 is 0 Å². The maximum Gasteiger partial charge on any atom is 0.189 e. The predicted molar refractivity (Wildman–Crippen MR) is 66.8 cm³/mol. The number of benzene rings is 1. The molecule has 0 unspecified atom stereocenters. The average Bonchev–Trinajstić information content (AvgIpc) is 2.90. The lowest BCUT2D eigenvalue weighted by Crippen LogP contribution is -1.94. The molecule has 0 radical (unpaired) electrons. The number of hydrogen-bond acceptors (Lipinski definition) is 2. The molecular weight excluding hydrogens is 216 g/mol. The van der Waals surface area contributed by atoms with Crippen LogP contribution in [0.2, 0.25) is 0 Å². The third-order valence-electron chi connectivity index (χ3n) is 2.79. The quantitative estimate of drug-likeness (QED) is 0.679. The largest absolute Gasteiger partial charge is 0.289 e. The maximum atomic E-state index is 12.1. The molecule has 2 heteroatoms. The monoisotopic (exact) mass is 226 g/mol. The standard InChI is InChI=1S/C14H10OS/c15-14-11(9-12-5-3-7-16-12)8-10-4-1-2-6-13(10)14/h1-7,9H,8H2/b11-9+. The zero-order chi connectivity index (χ0) is 11.0. The van der Waals surface area contributed by atoms with Crippen LogP contribution in [-0.2, 0) is 6.42 Å². The van der Waals surface area contributed by atoms with Crippen molar-refractivity contribution in [1.29, 1.82) is 0 Å². The molecule has 78 valence electrons. The highest BCUT2D eigenvalue weighted by Gasteiger charge is 2.23. The van der Waals surface area contributed by atoms with Crippen molar-refractivity contribution in [2.45, 2.75) is 6.42 Å². The van der Waals surface area contributed by atoms with Gasteiger partial charge in [0, 0.05) is 22.4 Å². The Hall–Kier alpha value is -1.67. The van der Waals surface area contributed by atoms with E-state index in [4.69, 9.17) is 0 Å². The highest BCUT2D eigenvalue weighted by atomic mass is 32.1. The van der Waals surface area contributed by atoms with Crippen LogP contribution >= 0.6 is 11.3 Å². The van der Waals surface area contributed by atoms with E-state index >= 15 is 0 Å². The van der Waals surface area contributed by atoms with Gasteiger partial charge >= 0.3 is 0 Å². The first-order chi connectivity index (χ1) is 7.84. The molecule has 0 N–H and O–H groups in total. The Bertz CT molecular complexity index is 564. The van der Waals surface area contributed by atoms with Crippen LogP contribution in [0.25, 0.3) is 6.08 Å². The van der Waals surface area contributed by atoms with Gasteiger partial charge in [-0.15, -0.1) is 11.3 Å². The molecule has 0 amide bonds. The first-order valence-corrected chi connectivity index (χ1v) is 6.09. The summed E-state index contributed by atoms with van der Waals surface area (Å²) >= 11 is 1.66. The van der Waals surface area contributed by atoms with Crippen LogP contribution in [0.1, 0.15) is 20.8 Å². The number of ketones is 1. The molecule has 1 aromatic carbocycles. The lowest BCUT2D eigenvalue weighted by atomic mass is 10.1. The second kappa shape index (κ2) is 3.72. The number of carbonyl (C=O) groups excluding carboxylic acids is 1. The maximum absolute atomic E-state index is 12.1. The van der Waals surface area contributed by atoms with E-state index in [0.29, 0.717) is 0 Å². The zero-order valence-corrected chi connectivity index (χ0v) is 9.46. The van der Waals surface area contributed by atoms with E-state index in [1.165, 1.54) is 0 Å². The van der Waals surface area contributed by atoms with Crippen LogP contribution < -0.4 is 0 Å². The van der Waals surface area contributed by atoms with Gasteiger partial charge in [0.25, 0.3) is 0 Å². The molecule has 0 saturated carbocycles. The van der Waals surface area contributed by atoms with Crippen molar-refractivity contribution in [1.82, 2.24) is 0 Å². The van der Waals surface area contributed by atoms with Crippen molar-refractivity contribution in [3.63, 3.8) is 0 Å². The summed E-state index contributed by atoms with van der Waals surface area (Å²) in [5, 5.41) is 2.03. The minimum Gasteiger partial charge on any atom is -0.289 e. The molecule has 2 aromatic rings. The lowest BCUT2D eigenvalue weighted by Gasteiger charge is -1.92. The van der Waals surface area contributed by atoms with Gasteiger partial charge in [-0.05, 0) is 23.1 Å². The third kappa shape index (κ3) is 1.51. The minimum absolute atomic E-state index is 0.184. The number of hydrogen-bond donors (Lipinski definition) is 0. The zero-order valence-electron chi connectivity index (χ0n) is 8.64. The Balaban J connectivity index is 2.02. The predicted octanol–water partition coefficient (Wildman–Crippen LogP) is 3.57. The van der Waals surface area contributed by atoms with Gasteiger partial charge in [-0.1, -0.05) is 30.3 Å². The van der Waals surface area contributed by atoms with Crippen molar-refractivity contribution in [3.8, 4) is 0 Å². The van der Waals surface area contributed by atoms with E-state index in [0.717, 1.165) is 28.0 Å². The molecule has 0 atom stereocenters. The number of rotatable bonds is 1. The number of carbonyl (C=O) groups is 1. The van der Waals surface area contributed by atoms with Crippen LogP contribution in [-0.4, -0.2) is 5.78 Å². The van der Waals surface area contributed by atoms with Crippen molar-refractivity contribution in [2.24, 2.45) is 0 Å². The highest BCUT2D eigenvalue weighted by Crippen LogP contribution is 2.28. The molecule has 1 aliphatic rings. The molecule has 0 bridgehead atoms. The first kappa shape index (κ1) is 9.55. The van der Waals surface area contributed by atoms with Gasteiger partial charge in [-0.3, -0.25) is 4.79 Å². The molecule has 0 fully saturated rings. The molecule has 1 heterocycles. The van der Waals surface area contributed by atoms with E-state index in [1.807, 2.05) is 47.9 Å². The van der Waals surface area contributed by atoms with Crippen LogP contribution in [0.3, 0.4) is 0 Å². The summed E-state index contributed by atoms with van der Waals surface area (Å²) in [5.74, 6) is 0.184. The molecule has 0 spiro atoms. The van der Waals surface area contributed by atoms with E-state index in [9.17, 15) is 4.79 Å². The van der Waals surface area contributed by atoms with E-state index < -0.39 is 0 Å². The van der Waals surface area contributed by atoms with Crippen molar-refractivity contribution < 1.29 is 4.79 Å². The molecule has 1 aliphatic carbocycles. The van der Waals surface area contributed by atoms with Gasteiger partial charge in [-0.25, -0.2) is 0 Å². The molecule has 0 saturated heterocycles. The fourth-order valence-electron chi connectivity index (χ4n) is 2.02. The van der Waals surface area contributed by atoms with Gasteiger partial charge in [0.15, 0.2) is 5.78 Å². The van der Waals surface area contributed by atoms with Crippen molar-refractivity contribution in [2.75, 3.05) is 0 Å². The topological polar surface area (TPSA) is 17.1 Å². The number of thiophene rings is 1. The average molecular weight is 226 g/mol. The first-order valence-electron chi connectivity index (χ1n) is 5.21. The Labute approximate surface area is 98.1 Å². The van der Waals surface area contributed by atoms with Gasteiger partial charge in [0.05, 0.1) is 0 Å². The van der Waals surface area contributed by atoms with E-state index in [-0.39, 0.29) is 5.78 Å². The Kier molecular flexibility index (Phi) is 2.22. The van der Waals surface area contributed by atoms with Gasteiger partial charge in [0.1, 0.15) is 0 Å². The third-order valence-corrected chi connectivity index (χ3v) is 3.61. The lowest BCUT2D eigenvalue weighted by molar-refractivity contribution is 0.104. The summed E-state index contributed by atoms with van der Waals surface area (Å²) in [6.07, 6.45) is 2.78. The molecule has 16 heavy (non-hydrogen) atoms. The summed E-state index contributed by atoms with van der Waals surface area (Å²) in [5.41, 5.74) is 2.92. The van der Waals surface area contributed by atoms with Crippen LogP contribution in [0, 0.1) is 0 Å². The van der Waals surface area contributed by atoms with Crippen molar-refractivity contribution >= 4 is 23.2 Å². The summed E-state index contributed by atoms with van der Waals surface area (Å²) in [7, 11) is 0. The van der Waals surface area contributed by atoms with Crippen LogP contribution in [0.5, 0.6) is 0 Å². The molecule has 0 aliphatic heterocycles. The van der Waals surface area contributed by atoms with Crippen LogP contribution in [0.4, 0.5) is 0 Å². The number of allylic oxidation sites excluding steroid dienone is 1. The number of fused-ring (bicyclic) bond motifs is 1. The Morgan fingerprint density at radius 1 is 1.12 bits per heavy atom. The second-order valence-corrected chi connectivity index (χ2v) is 4.83. The van der Waals surface area contributed by atoms with E-state index in [1.54, 1.807) is 11.3 Å². The Morgan fingerprint density at radius 3 is 2.75 bits per heavy atom. The second-order valence-electron chi connectivity index (χ2n) is 3.85.